The summed E-state index contributed by atoms with van der Waals surface area (Å²) < 4.78 is 9.92. The van der Waals surface area contributed by atoms with E-state index in [0.717, 1.165) is 38.2 Å². The van der Waals surface area contributed by atoms with Crippen molar-refractivity contribution < 1.29 is 28.8 Å². The number of hydrogen-bond acceptors (Lipinski definition) is 7. The van der Waals surface area contributed by atoms with Gasteiger partial charge in [-0.3, -0.25) is 24.5 Å². The molecule has 2 rings (SSSR count). The van der Waals surface area contributed by atoms with Crippen molar-refractivity contribution in [2.75, 3.05) is 13.7 Å². The third-order valence-electron chi connectivity index (χ3n) is 4.66. The van der Waals surface area contributed by atoms with Crippen LogP contribution in [0.3, 0.4) is 0 Å². The number of esters is 1. The molecule has 158 valence electrons. The molecule has 1 fully saturated rings. The summed E-state index contributed by atoms with van der Waals surface area (Å²) in [5.41, 5.74) is -0.371. The van der Waals surface area contributed by atoms with E-state index in [4.69, 9.17) is 9.47 Å². The average Bonchev–Trinajstić information content (AvgIpc) is 2.72. The molecule has 0 aliphatic heterocycles. The van der Waals surface area contributed by atoms with Crippen LogP contribution in [0.15, 0.2) is 18.2 Å². The molecule has 0 heterocycles. The number of methoxy groups -OCH3 is 1. The van der Waals surface area contributed by atoms with Gasteiger partial charge in [-0.2, -0.15) is 0 Å². The maximum absolute atomic E-state index is 12.1. The predicted molar refractivity (Wildman–Crippen MR) is 103 cm³/mol. The molecule has 1 aliphatic carbocycles. The monoisotopic (exact) mass is 407 g/mol. The molecule has 0 spiro atoms. The molecule has 0 bridgehead atoms. The Hall–Kier alpha value is -3.17. The molecule has 29 heavy (non-hydrogen) atoms. The molecular formula is C19H25N3O7. The SMILES string of the molecule is COc1ccc(C(=O)NCC(=O)O[C@H](C)C(=O)NC2CCCCC2)cc1[N+](=O)[O-]. The van der Waals surface area contributed by atoms with Gasteiger partial charge in [-0.15, -0.1) is 0 Å². The highest BCUT2D eigenvalue weighted by Crippen LogP contribution is 2.27. The van der Waals surface area contributed by atoms with Gasteiger partial charge in [-0.1, -0.05) is 19.3 Å². The van der Waals surface area contributed by atoms with Gasteiger partial charge in [0.15, 0.2) is 11.9 Å². The zero-order valence-electron chi connectivity index (χ0n) is 16.4. The first-order valence-corrected chi connectivity index (χ1v) is 9.42. The van der Waals surface area contributed by atoms with Crippen LogP contribution in [0.2, 0.25) is 0 Å². The Kier molecular flexibility index (Phi) is 7.93. The lowest BCUT2D eigenvalue weighted by Gasteiger charge is -2.24. The van der Waals surface area contributed by atoms with E-state index < -0.39 is 29.4 Å². The minimum absolute atomic E-state index is 0.00612. The minimum Gasteiger partial charge on any atom is -0.490 e. The number of hydrogen-bond donors (Lipinski definition) is 2. The molecule has 2 amide bonds. The summed E-state index contributed by atoms with van der Waals surface area (Å²) in [5, 5.41) is 16.2. The lowest BCUT2D eigenvalue weighted by atomic mass is 9.95. The first kappa shape index (κ1) is 22.1. The molecule has 0 aromatic heterocycles. The second-order valence-electron chi connectivity index (χ2n) is 6.80. The van der Waals surface area contributed by atoms with Gasteiger partial charge in [0, 0.05) is 17.7 Å². The zero-order chi connectivity index (χ0) is 21.4. The van der Waals surface area contributed by atoms with E-state index in [-0.39, 0.29) is 28.9 Å². The van der Waals surface area contributed by atoms with Crippen molar-refractivity contribution in [3.63, 3.8) is 0 Å². The van der Waals surface area contributed by atoms with E-state index in [2.05, 4.69) is 10.6 Å². The van der Waals surface area contributed by atoms with E-state index in [1.807, 2.05) is 0 Å². The number of carbonyl (C=O) groups is 3. The topological polar surface area (TPSA) is 137 Å². The molecule has 10 heteroatoms. The van der Waals surface area contributed by atoms with Crippen LogP contribution in [0.1, 0.15) is 49.4 Å². The minimum atomic E-state index is -0.983. The number of nitro groups is 1. The third kappa shape index (κ3) is 6.44. The maximum Gasteiger partial charge on any atom is 0.326 e. The number of nitrogens with zero attached hydrogens (tertiary/aromatic N) is 1. The van der Waals surface area contributed by atoms with Crippen molar-refractivity contribution in [2.45, 2.75) is 51.2 Å². The first-order chi connectivity index (χ1) is 13.8. The van der Waals surface area contributed by atoms with Gasteiger partial charge in [-0.05, 0) is 31.9 Å². The van der Waals surface area contributed by atoms with Crippen LogP contribution in [0.5, 0.6) is 5.75 Å². The van der Waals surface area contributed by atoms with Crippen molar-refractivity contribution in [3.05, 3.63) is 33.9 Å². The molecule has 2 N–H and O–H groups in total. The fourth-order valence-electron chi connectivity index (χ4n) is 3.09. The van der Waals surface area contributed by atoms with E-state index >= 15 is 0 Å². The number of rotatable bonds is 8. The summed E-state index contributed by atoms with van der Waals surface area (Å²) >= 11 is 0. The van der Waals surface area contributed by atoms with Gasteiger partial charge in [0.2, 0.25) is 0 Å². The van der Waals surface area contributed by atoms with Gasteiger partial charge in [-0.25, -0.2) is 0 Å². The number of benzene rings is 1. The van der Waals surface area contributed by atoms with Crippen molar-refractivity contribution in [1.29, 1.82) is 0 Å². The van der Waals surface area contributed by atoms with Crippen molar-refractivity contribution in [3.8, 4) is 5.75 Å². The Balaban J connectivity index is 1.83. The van der Waals surface area contributed by atoms with Crippen molar-refractivity contribution in [1.82, 2.24) is 10.6 Å². The fourth-order valence-corrected chi connectivity index (χ4v) is 3.09. The van der Waals surface area contributed by atoms with Crippen LogP contribution < -0.4 is 15.4 Å². The maximum atomic E-state index is 12.1. The Morgan fingerprint density at radius 3 is 2.55 bits per heavy atom. The summed E-state index contributed by atoms with van der Waals surface area (Å²) in [7, 11) is 1.28. The quantitative estimate of drug-likeness (QED) is 0.380. The molecule has 1 aromatic rings. The first-order valence-electron chi connectivity index (χ1n) is 9.42. The number of amides is 2. The zero-order valence-corrected chi connectivity index (χ0v) is 16.4. The van der Waals surface area contributed by atoms with Gasteiger partial charge < -0.3 is 20.1 Å². The molecule has 0 unspecified atom stereocenters. The largest absolute Gasteiger partial charge is 0.490 e. The van der Waals surface area contributed by atoms with Crippen LogP contribution in [0, 0.1) is 10.1 Å². The van der Waals surface area contributed by atoms with Crippen LogP contribution in [0.4, 0.5) is 5.69 Å². The van der Waals surface area contributed by atoms with Gasteiger partial charge in [0.1, 0.15) is 6.54 Å². The highest BCUT2D eigenvalue weighted by Gasteiger charge is 2.23. The van der Waals surface area contributed by atoms with Gasteiger partial charge in [0.05, 0.1) is 12.0 Å². The molecule has 10 nitrogen and oxygen atoms in total. The van der Waals surface area contributed by atoms with Crippen LogP contribution in [-0.2, 0) is 14.3 Å². The summed E-state index contributed by atoms with van der Waals surface area (Å²) in [4.78, 5) is 46.5. The summed E-state index contributed by atoms with van der Waals surface area (Å²) in [6, 6.07) is 3.79. The molecule has 1 aliphatic rings. The van der Waals surface area contributed by atoms with E-state index in [1.165, 1.54) is 26.2 Å². The molecule has 0 saturated heterocycles. The number of carbonyl (C=O) groups excluding carboxylic acids is 3. The van der Waals surface area contributed by atoms with Gasteiger partial charge >= 0.3 is 11.7 Å². The Bertz CT molecular complexity index is 775. The van der Waals surface area contributed by atoms with Crippen LogP contribution in [0.25, 0.3) is 0 Å². The molecule has 1 atom stereocenters. The Morgan fingerprint density at radius 2 is 1.93 bits per heavy atom. The standard InChI is InChI=1S/C19H25N3O7/c1-12(18(24)21-14-6-4-3-5-7-14)29-17(23)11-20-19(25)13-8-9-16(28-2)15(10-13)22(26)27/h8-10,12,14H,3-7,11H2,1-2H3,(H,20,25)(H,21,24)/t12-/m1/s1. The normalized spacial score (nSPS) is 15.1. The molecule has 1 aromatic carbocycles. The third-order valence-corrected chi connectivity index (χ3v) is 4.66. The summed E-state index contributed by atoms with van der Waals surface area (Å²) in [6.07, 6.45) is 4.13. The Labute approximate surface area is 168 Å². The van der Waals surface area contributed by atoms with Crippen LogP contribution >= 0.6 is 0 Å². The van der Waals surface area contributed by atoms with Gasteiger partial charge in [0.25, 0.3) is 11.8 Å². The molecular weight excluding hydrogens is 382 g/mol. The highest BCUT2D eigenvalue weighted by molar-refractivity contribution is 5.97. The summed E-state index contributed by atoms with van der Waals surface area (Å²) in [5.74, 6) is -1.83. The smallest absolute Gasteiger partial charge is 0.326 e. The van der Waals surface area contributed by atoms with E-state index in [1.54, 1.807) is 0 Å². The second-order valence-corrected chi connectivity index (χ2v) is 6.80. The Morgan fingerprint density at radius 1 is 1.24 bits per heavy atom. The summed E-state index contributed by atoms with van der Waals surface area (Å²) in [6.45, 7) is 0.990. The highest BCUT2D eigenvalue weighted by atomic mass is 16.6. The molecule has 0 radical (unpaired) electrons. The van der Waals surface area contributed by atoms with Crippen molar-refractivity contribution in [2.24, 2.45) is 0 Å². The number of nitrogens with one attached hydrogen (secondary N) is 2. The fraction of sp³-hybridized carbons (Fsp3) is 0.526. The van der Waals surface area contributed by atoms with Crippen molar-refractivity contribution >= 4 is 23.5 Å². The number of nitro benzene ring substituents is 1. The van der Waals surface area contributed by atoms with E-state index in [0.29, 0.717) is 0 Å². The predicted octanol–water partition coefficient (Wildman–Crippen LogP) is 1.71. The lowest BCUT2D eigenvalue weighted by Crippen LogP contribution is -2.43. The molecule has 1 saturated carbocycles. The number of ether oxygens (including phenoxy) is 2. The second kappa shape index (κ2) is 10.4. The lowest BCUT2D eigenvalue weighted by molar-refractivity contribution is -0.385. The van der Waals surface area contributed by atoms with Crippen LogP contribution in [-0.4, -0.2) is 48.5 Å². The average molecular weight is 407 g/mol. The van der Waals surface area contributed by atoms with E-state index in [9.17, 15) is 24.5 Å².